The fraction of sp³-hybridized carbons (Fsp3) is 0.312. The van der Waals surface area contributed by atoms with Gasteiger partial charge in [-0.1, -0.05) is 39.5 Å². The number of nitrogens with one attached hydrogen (secondary N) is 1. The van der Waals surface area contributed by atoms with E-state index >= 15 is 0 Å². The second-order valence-electron chi connectivity index (χ2n) is 6.09. The van der Waals surface area contributed by atoms with Crippen molar-refractivity contribution in [3.63, 3.8) is 0 Å². The monoisotopic (exact) mass is 398 g/mol. The van der Waals surface area contributed by atoms with Crippen LogP contribution in [0.4, 0.5) is 0 Å². The molecule has 0 radical (unpaired) electrons. The van der Waals surface area contributed by atoms with Crippen LogP contribution in [0.2, 0.25) is 5.15 Å². The van der Waals surface area contributed by atoms with Gasteiger partial charge in [-0.3, -0.25) is 4.72 Å². The van der Waals surface area contributed by atoms with E-state index in [0.29, 0.717) is 5.15 Å². The SMILES string of the molecule is CC(C)(C)SNC1c2cc(Br)ccc2Oc2cnc(Cl)cc21. The van der Waals surface area contributed by atoms with Gasteiger partial charge < -0.3 is 4.74 Å². The van der Waals surface area contributed by atoms with E-state index in [1.165, 1.54) is 0 Å². The number of ether oxygens (including phenoxy) is 1. The number of nitrogens with zero attached hydrogens (tertiary/aromatic N) is 1. The minimum Gasteiger partial charge on any atom is -0.455 e. The zero-order chi connectivity index (χ0) is 15.9. The lowest BCUT2D eigenvalue weighted by atomic mass is 9.96. The summed E-state index contributed by atoms with van der Waals surface area (Å²) in [6.07, 6.45) is 1.68. The molecule has 2 aromatic rings. The number of aromatic nitrogens is 1. The molecule has 3 nitrogen and oxygen atoms in total. The highest BCUT2D eigenvalue weighted by molar-refractivity contribution is 9.10. The Labute approximate surface area is 148 Å². The summed E-state index contributed by atoms with van der Waals surface area (Å²) in [7, 11) is 0. The van der Waals surface area contributed by atoms with Crippen molar-refractivity contribution in [3.8, 4) is 11.5 Å². The van der Waals surface area contributed by atoms with Crippen LogP contribution in [0.5, 0.6) is 11.5 Å². The first kappa shape index (κ1) is 16.1. The highest BCUT2D eigenvalue weighted by atomic mass is 79.9. The number of hydrogen-bond donors (Lipinski definition) is 1. The third-order valence-corrected chi connectivity index (χ3v) is 4.83. The van der Waals surface area contributed by atoms with Gasteiger partial charge in [0.05, 0.1) is 12.2 Å². The molecule has 22 heavy (non-hydrogen) atoms. The molecule has 1 N–H and O–H groups in total. The number of pyridine rings is 1. The fourth-order valence-electron chi connectivity index (χ4n) is 2.23. The van der Waals surface area contributed by atoms with Crippen LogP contribution in [0, 0.1) is 0 Å². The summed E-state index contributed by atoms with van der Waals surface area (Å²) >= 11 is 11.3. The Balaban J connectivity index is 2.05. The van der Waals surface area contributed by atoms with Gasteiger partial charge in [-0.15, -0.1) is 0 Å². The van der Waals surface area contributed by atoms with Gasteiger partial charge in [-0.05, 0) is 45.0 Å². The standard InChI is InChI=1S/C16H16BrClN2OS/c1-16(2,3)22-20-15-10-6-9(17)4-5-12(10)21-13-8-19-14(18)7-11(13)15/h4-8,15,20H,1-3H3. The molecule has 0 aliphatic carbocycles. The van der Waals surface area contributed by atoms with E-state index in [2.05, 4.69) is 52.5 Å². The second kappa shape index (κ2) is 6.04. The van der Waals surface area contributed by atoms with Crippen molar-refractivity contribution in [3.05, 3.63) is 51.2 Å². The van der Waals surface area contributed by atoms with E-state index in [0.717, 1.165) is 27.1 Å². The molecule has 0 saturated carbocycles. The average Bonchev–Trinajstić information content (AvgIpc) is 2.43. The van der Waals surface area contributed by atoms with Crippen molar-refractivity contribution in [2.24, 2.45) is 0 Å². The van der Waals surface area contributed by atoms with Crippen LogP contribution < -0.4 is 9.46 Å². The minimum atomic E-state index is 0.000903. The van der Waals surface area contributed by atoms with Crippen molar-refractivity contribution >= 4 is 39.5 Å². The van der Waals surface area contributed by atoms with Gasteiger partial charge in [0.2, 0.25) is 0 Å². The highest BCUT2D eigenvalue weighted by Gasteiger charge is 2.29. The molecule has 0 amide bonds. The van der Waals surface area contributed by atoms with Gasteiger partial charge in [-0.2, -0.15) is 0 Å². The molecule has 2 heterocycles. The van der Waals surface area contributed by atoms with Crippen molar-refractivity contribution in [1.29, 1.82) is 0 Å². The number of fused-ring (bicyclic) bond motifs is 2. The molecule has 1 aliphatic heterocycles. The van der Waals surface area contributed by atoms with E-state index in [9.17, 15) is 0 Å². The quantitative estimate of drug-likeness (QED) is 0.516. The Hall–Kier alpha value is -0.750. The molecule has 6 heteroatoms. The largest absolute Gasteiger partial charge is 0.455 e. The Kier molecular flexibility index (Phi) is 4.42. The number of halogens is 2. The average molecular weight is 400 g/mol. The summed E-state index contributed by atoms with van der Waals surface area (Å²) in [5, 5.41) is 0.466. The summed E-state index contributed by atoms with van der Waals surface area (Å²) in [5.41, 5.74) is 2.09. The van der Waals surface area contributed by atoms with E-state index < -0.39 is 0 Å². The van der Waals surface area contributed by atoms with Crippen LogP contribution in [0.15, 0.2) is 34.9 Å². The van der Waals surface area contributed by atoms with E-state index in [1.807, 2.05) is 18.2 Å². The van der Waals surface area contributed by atoms with Crippen LogP contribution >= 0.6 is 39.5 Å². The first-order valence-electron chi connectivity index (χ1n) is 6.90. The Morgan fingerprint density at radius 2 is 1.95 bits per heavy atom. The third-order valence-electron chi connectivity index (χ3n) is 3.16. The molecule has 0 fully saturated rings. The normalized spacial score (nSPS) is 16.7. The van der Waals surface area contributed by atoms with E-state index in [-0.39, 0.29) is 10.8 Å². The van der Waals surface area contributed by atoms with Crippen LogP contribution in [-0.2, 0) is 0 Å². The van der Waals surface area contributed by atoms with Gasteiger partial charge in [0.15, 0.2) is 5.75 Å². The van der Waals surface area contributed by atoms with Crippen LogP contribution in [0.25, 0.3) is 0 Å². The van der Waals surface area contributed by atoms with Crippen LogP contribution in [0.1, 0.15) is 37.9 Å². The van der Waals surface area contributed by atoms with Gasteiger partial charge in [0, 0.05) is 20.3 Å². The fourth-order valence-corrected chi connectivity index (χ4v) is 3.50. The lowest BCUT2D eigenvalue weighted by molar-refractivity contribution is 0.440. The lowest BCUT2D eigenvalue weighted by Gasteiger charge is -2.30. The Morgan fingerprint density at radius 3 is 2.68 bits per heavy atom. The molecule has 3 rings (SSSR count). The highest BCUT2D eigenvalue weighted by Crippen LogP contribution is 2.45. The van der Waals surface area contributed by atoms with Crippen molar-refractivity contribution in [2.45, 2.75) is 31.6 Å². The summed E-state index contributed by atoms with van der Waals surface area (Å²) < 4.78 is 10.6. The van der Waals surface area contributed by atoms with Gasteiger partial charge >= 0.3 is 0 Å². The minimum absolute atomic E-state index is 0.000903. The molecule has 1 aromatic carbocycles. The topological polar surface area (TPSA) is 34.1 Å². The summed E-state index contributed by atoms with van der Waals surface area (Å²) in [6.45, 7) is 6.52. The predicted molar refractivity (Wildman–Crippen MR) is 95.8 cm³/mol. The van der Waals surface area contributed by atoms with Crippen molar-refractivity contribution < 1.29 is 4.74 Å². The predicted octanol–water partition coefficient (Wildman–Crippen LogP) is 5.73. The van der Waals surface area contributed by atoms with Crippen LogP contribution in [0.3, 0.4) is 0 Å². The molecular formula is C16H16BrClN2OS. The lowest BCUT2D eigenvalue weighted by Crippen LogP contribution is -2.25. The molecule has 1 aliphatic rings. The first-order valence-corrected chi connectivity index (χ1v) is 8.88. The van der Waals surface area contributed by atoms with Gasteiger partial charge in [0.25, 0.3) is 0 Å². The Bertz CT molecular complexity index is 666. The van der Waals surface area contributed by atoms with Gasteiger partial charge in [0.1, 0.15) is 10.9 Å². The maximum absolute atomic E-state index is 6.08. The molecule has 1 aromatic heterocycles. The Morgan fingerprint density at radius 1 is 1.23 bits per heavy atom. The summed E-state index contributed by atoms with van der Waals surface area (Å²) in [5.74, 6) is 1.58. The van der Waals surface area contributed by atoms with E-state index in [4.69, 9.17) is 16.3 Å². The number of rotatable bonds is 2. The zero-order valence-corrected chi connectivity index (χ0v) is 15.6. The molecule has 1 unspecified atom stereocenters. The summed E-state index contributed by atoms with van der Waals surface area (Å²) in [6, 6.07) is 7.88. The smallest absolute Gasteiger partial charge is 0.150 e. The third kappa shape index (κ3) is 3.43. The molecular weight excluding hydrogens is 384 g/mol. The molecule has 0 spiro atoms. The molecule has 116 valence electrons. The first-order chi connectivity index (χ1) is 10.3. The van der Waals surface area contributed by atoms with E-state index in [1.54, 1.807) is 18.1 Å². The molecule has 0 saturated heterocycles. The maximum Gasteiger partial charge on any atom is 0.150 e. The second-order valence-corrected chi connectivity index (χ2v) is 9.06. The molecule has 1 atom stereocenters. The number of benzene rings is 1. The number of hydrogen-bond acceptors (Lipinski definition) is 4. The summed E-state index contributed by atoms with van der Waals surface area (Å²) in [4.78, 5) is 4.12. The maximum atomic E-state index is 6.08. The zero-order valence-electron chi connectivity index (χ0n) is 12.5. The van der Waals surface area contributed by atoms with Crippen LogP contribution in [-0.4, -0.2) is 9.73 Å². The van der Waals surface area contributed by atoms with Crippen molar-refractivity contribution in [2.75, 3.05) is 0 Å². The van der Waals surface area contributed by atoms with Crippen molar-refractivity contribution in [1.82, 2.24) is 9.71 Å². The molecule has 0 bridgehead atoms. The van der Waals surface area contributed by atoms with Gasteiger partial charge in [-0.25, -0.2) is 4.98 Å².